The molecule has 4 heteroatoms. The van der Waals surface area contributed by atoms with Crippen molar-refractivity contribution in [2.24, 2.45) is 0 Å². The van der Waals surface area contributed by atoms with Gasteiger partial charge in [0.2, 0.25) is 0 Å². The summed E-state index contributed by atoms with van der Waals surface area (Å²) < 4.78 is 2.02. The average molecular weight is 250 g/mol. The monoisotopic (exact) mass is 249 g/mol. The van der Waals surface area contributed by atoms with Gasteiger partial charge in [-0.15, -0.1) is 0 Å². The molecule has 1 atom stereocenters. The minimum Gasteiger partial charge on any atom is -0.306 e. The number of fused-ring (bicyclic) bond motifs is 1. The predicted octanol–water partition coefficient (Wildman–Crippen LogP) is 2.80. The SMILES string of the molecule is CN1CCCC(c2cn3cc(Cl)ccc3n2)C1. The Morgan fingerprint density at radius 3 is 3.06 bits per heavy atom. The standard InChI is InChI=1S/C13H16ClN3/c1-16-6-2-3-10(7-16)12-9-17-8-11(14)4-5-13(17)15-12/h4-5,8-10H,2-3,6-7H2,1H3. The van der Waals surface area contributed by atoms with Gasteiger partial charge in [0.05, 0.1) is 10.7 Å². The molecule has 1 aliphatic heterocycles. The topological polar surface area (TPSA) is 20.5 Å². The van der Waals surface area contributed by atoms with E-state index in [9.17, 15) is 0 Å². The van der Waals surface area contributed by atoms with Crippen LogP contribution in [0.25, 0.3) is 5.65 Å². The van der Waals surface area contributed by atoms with E-state index in [4.69, 9.17) is 11.6 Å². The summed E-state index contributed by atoms with van der Waals surface area (Å²) in [7, 11) is 2.18. The lowest BCUT2D eigenvalue weighted by Gasteiger charge is -2.28. The van der Waals surface area contributed by atoms with Gasteiger partial charge in [-0.3, -0.25) is 0 Å². The molecule has 0 bridgehead atoms. The number of nitrogens with zero attached hydrogens (tertiary/aromatic N) is 3. The van der Waals surface area contributed by atoms with Crippen LogP contribution in [0.2, 0.25) is 5.02 Å². The van der Waals surface area contributed by atoms with Gasteiger partial charge in [-0.25, -0.2) is 4.98 Å². The fourth-order valence-electron chi connectivity index (χ4n) is 2.59. The van der Waals surface area contributed by atoms with E-state index in [-0.39, 0.29) is 0 Å². The quantitative estimate of drug-likeness (QED) is 0.775. The summed E-state index contributed by atoms with van der Waals surface area (Å²) in [4.78, 5) is 7.07. The highest BCUT2D eigenvalue weighted by atomic mass is 35.5. The Hall–Kier alpha value is -1.06. The summed E-state index contributed by atoms with van der Waals surface area (Å²) in [6.07, 6.45) is 6.53. The van der Waals surface area contributed by atoms with Crippen LogP contribution in [0, 0.1) is 0 Å². The zero-order valence-corrected chi connectivity index (χ0v) is 10.7. The minimum atomic E-state index is 0.562. The zero-order chi connectivity index (χ0) is 11.8. The van der Waals surface area contributed by atoms with Crippen molar-refractivity contribution >= 4 is 17.2 Å². The molecule has 0 aromatic carbocycles. The molecule has 1 fully saturated rings. The molecule has 3 nitrogen and oxygen atoms in total. The van der Waals surface area contributed by atoms with Crippen molar-refractivity contribution in [3.8, 4) is 0 Å². The summed E-state index contributed by atoms with van der Waals surface area (Å²) in [5, 5.41) is 0.752. The van der Waals surface area contributed by atoms with Crippen molar-refractivity contribution in [3.05, 3.63) is 35.2 Å². The molecule has 0 amide bonds. The maximum absolute atomic E-state index is 5.98. The van der Waals surface area contributed by atoms with Crippen LogP contribution >= 0.6 is 11.6 Å². The van der Waals surface area contributed by atoms with Crippen molar-refractivity contribution in [3.63, 3.8) is 0 Å². The smallest absolute Gasteiger partial charge is 0.137 e. The van der Waals surface area contributed by atoms with E-state index in [2.05, 4.69) is 23.1 Å². The maximum Gasteiger partial charge on any atom is 0.137 e. The fourth-order valence-corrected chi connectivity index (χ4v) is 2.76. The third kappa shape index (κ3) is 2.17. The molecule has 1 aliphatic rings. The lowest BCUT2D eigenvalue weighted by Crippen LogP contribution is -2.30. The number of rotatable bonds is 1. The molecule has 0 saturated carbocycles. The zero-order valence-electron chi connectivity index (χ0n) is 9.93. The predicted molar refractivity (Wildman–Crippen MR) is 69.7 cm³/mol. The fraction of sp³-hybridized carbons (Fsp3) is 0.462. The van der Waals surface area contributed by atoms with Crippen LogP contribution in [0.5, 0.6) is 0 Å². The molecular weight excluding hydrogens is 234 g/mol. The van der Waals surface area contributed by atoms with Gasteiger partial charge in [-0.05, 0) is 38.6 Å². The van der Waals surface area contributed by atoms with E-state index in [1.165, 1.54) is 25.1 Å². The number of likely N-dealkylation sites (tertiary alicyclic amines) is 1. The molecule has 17 heavy (non-hydrogen) atoms. The molecule has 0 N–H and O–H groups in total. The van der Waals surface area contributed by atoms with Crippen LogP contribution in [0.3, 0.4) is 0 Å². The van der Waals surface area contributed by atoms with E-state index in [1.807, 2.05) is 22.7 Å². The van der Waals surface area contributed by atoms with Crippen molar-refractivity contribution in [1.29, 1.82) is 0 Å². The first-order valence-corrected chi connectivity index (χ1v) is 6.43. The number of pyridine rings is 1. The highest BCUT2D eigenvalue weighted by Crippen LogP contribution is 2.26. The third-order valence-electron chi connectivity index (χ3n) is 3.48. The lowest BCUT2D eigenvalue weighted by molar-refractivity contribution is 0.249. The summed E-state index contributed by atoms with van der Waals surface area (Å²) in [6.45, 7) is 2.31. The first-order valence-electron chi connectivity index (χ1n) is 6.05. The van der Waals surface area contributed by atoms with E-state index < -0.39 is 0 Å². The Morgan fingerprint density at radius 2 is 2.24 bits per heavy atom. The second-order valence-corrected chi connectivity index (χ2v) is 5.32. The largest absolute Gasteiger partial charge is 0.306 e. The van der Waals surface area contributed by atoms with Gasteiger partial charge in [-0.2, -0.15) is 0 Å². The van der Waals surface area contributed by atoms with Gasteiger partial charge in [0.1, 0.15) is 5.65 Å². The molecule has 2 aromatic rings. The van der Waals surface area contributed by atoms with Crippen LogP contribution in [0.1, 0.15) is 24.5 Å². The van der Waals surface area contributed by atoms with Gasteiger partial charge < -0.3 is 9.30 Å². The summed E-state index contributed by atoms with van der Waals surface area (Å²) in [5.74, 6) is 0.562. The van der Waals surface area contributed by atoms with Gasteiger partial charge in [-0.1, -0.05) is 11.6 Å². The maximum atomic E-state index is 5.98. The van der Waals surface area contributed by atoms with Gasteiger partial charge >= 0.3 is 0 Å². The second-order valence-electron chi connectivity index (χ2n) is 4.88. The molecule has 90 valence electrons. The number of imidazole rings is 1. The first-order chi connectivity index (χ1) is 8.22. The van der Waals surface area contributed by atoms with Crippen LogP contribution < -0.4 is 0 Å². The van der Waals surface area contributed by atoms with Gasteiger partial charge in [0, 0.05) is 24.9 Å². The summed E-state index contributed by atoms with van der Waals surface area (Å²) in [5.41, 5.74) is 2.18. The van der Waals surface area contributed by atoms with Crippen molar-refractivity contribution in [1.82, 2.24) is 14.3 Å². The van der Waals surface area contributed by atoms with Crippen molar-refractivity contribution in [2.75, 3.05) is 20.1 Å². The number of hydrogen-bond donors (Lipinski definition) is 0. The number of likely N-dealkylation sites (N-methyl/N-ethyl adjacent to an activating group) is 1. The number of piperidine rings is 1. The molecule has 0 radical (unpaired) electrons. The Bertz CT molecular complexity index is 534. The van der Waals surface area contributed by atoms with Crippen LogP contribution in [-0.2, 0) is 0 Å². The minimum absolute atomic E-state index is 0.562. The Morgan fingerprint density at radius 1 is 1.35 bits per heavy atom. The van der Waals surface area contributed by atoms with E-state index in [0.717, 1.165) is 17.2 Å². The number of hydrogen-bond acceptors (Lipinski definition) is 2. The van der Waals surface area contributed by atoms with E-state index >= 15 is 0 Å². The summed E-state index contributed by atoms with van der Waals surface area (Å²) >= 11 is 5.98. The first kappa shape index (κ1) is 11.1. The van der Waals surface area contributed by atoms with Crippen LogP contribution in [0.15, 0.2) is 24.5 Å². The molecule has 3 rings (SSSR count). The molecule has 2 aromatic heterocycles. The highest BCUT2D eigenvalue weighted by Gasteiger charge is 2.21. The number of aromatic nitrogens is 2. The van der Waals surface area contributed by atoms with Gasteiger partial charge in [0.25, 0.3) is 0 Å². The molecular formula is C13H16ClN3. The third-order valence-corrected chi connectivity index (χ3v) is 3.70. The van der Waals surface area contributed by atoms with E-state index in [0.29, 0.717) is 5.92 Å². The van der Waals surface area contributed by atoms with Crippen LogP contribution in [-0.4, -0.2) is 34.4 Å². The molecule has 1 unspecified atom stereocenters. The molecule has 3 heterocycles. The van der Waals surface area contributed by atoms with Crippen LogP contribution in [0.4, 0.5) is 0 Å². The molecule has 0 spiro atoms. The second kappa shape index (κ2) is 4.31. The summed E-state index contributed by atoms with van der Waals surface area (Å²) in [6, 6.07) is 3.86. The Balaban J connectivity index is 1.94. The molecule has 0 aliphatic carbocycles. The van der Waals surface area contributed by atoms with E-state index in [1.54, 1.807) is 0 Å². The van der Waals surface area contributed by atoms with Crippen molar-refractivity contribution < 1.29 is 0 Å². The van der Waals surface area contributed by atoms with Gasteiger partial charge in [0.15, 0.2) is 0 Å². The lowest BCUT2D eigenvalue weighted by atomic mass is 9.96. The highest BCUT2D eigenvalue weighted by molar-refractivity contribution is 6.30. The number of halogens is 1. The normalized spacial score (nSPS) is 22.1. The molecule has 1 saturated heterocycles. The average Bonchev–Trinajstić information content (AvgIpc) is 2.72. The Kier molecular flexibility index (Phi) is 2.81. The Labute approximate surface area is 106 Å². The van der Waals surface area contributed by atoms with Crippen molar-refractivity contribution in [2.45, 2.75) is 18.8 Å².